The van der Waals surface area contributed by atoms with E-state index in [1.165, 1.54) is 11.3 Å². The summed E-state index contributed by atoms with van der Waals surface area (Å²) < 4.78 is 2.09. The molecule has 0 aliphatic heterocycles. The van der Waals surface area contributed by atoms with Gasteiger partial charge in [0.2, 0.25) is 0 Å². The van der Waals surface area contributed by atoms with Gasteiger partial charge in [0, 0.05) is 17.6 Å². The third kappa shape index (κ3) is 4.34. The van der Waals surface area contributed by atoms with Crippen LogP contribution in [0.15, 0.2) is 40.2 Å². The van der Waals surface area contributed by atoms with E-state index in [-0.39, 0.29) is 18.3 Å². The van der Waals surface area contributed by atoms with Crippen molar-refractivity contribution in [3.05, 3.63) is 45.1 Å². The largest absolute Gasteiger partial charge is 0.308 e. The quantitative estimate of drug-likeness (QED) is 0.567. The fourth-order valence-electron chi connectivity index (χ4n) is 2.12. The summed E-state index contributed by atoms with van der Waals surface area (Å²) in [6.45, 7) is 1.40. The summed E-state index contributed by atoms with van der Waals surface area (Å²) in [5.41, 5.74) is 0.919. The molecule has 1 amide bonds. The van der Waals surface area contributed by atoms with Crippen molar-refractivity contribution in [3.8, 4) is 0 Å². The van der Waals surface area contributed by atoms with E-state index in [0.717, 1.165) is 31.2 Å². The first-order valence-electron chi connectivity index (χ1n) is 7.11. The van der Waals surface area contributed by atoms with Crippen LogP contribution in [0.1, 0.15) is 9.67 Å². The molecule has 2 heterocycles. The van der Waals surface area contributed by atoms with Crippen LogP contribution in [0, 0.1) is 0 Å². The van der Waals surface area contributed by atoms with Crippen LogP contribution >= 0.6 is 51.0 Å². The number of nitrogens with zero attached hydrogens (tertiary/aromatic N) is 3. The van der Waals surface area contributed by atoms with Crippen LogP contribution in [0.2, 0.25) is 0 Å². The number of halogens is 2. The molecule has 3 aromatic rings. The Hall–Kier alpha value is -0.990. The van der Waals surface area contributed by atoms with E-state index >= 15 is 0 Å². The van der Waals surface area contributed by atoms with Gasteiger partial charge >= 0.3 is 0 Å². The van der Waals surface area contributed by atoms with Gasteiger partial charge in [-0.1, -0.05) is 33.3 Å². The number of hydrogen-bond donors (Lipinski definition) is 0. The molecule has 1 aromatic carbocycles. The van der Waals surface area contributed by atoms with E-state index < -0.39 is 0 Å². The summed E-state index contributed by atoms with van der Waals surface area (Å²) >= 11 is 6.49. The van der Waals surface area contributed by atoms with E-state index in [1.807, 2.05) is 49.8 Å². The molecule has 0 aliphatic rings. The molecule has 0 radical (unpaired) electrons. The van der Waals surface area contributed by atoms with E-state index in [1.54, 1.807) is 16.2 Å². The lowest BCUT2D eigenvalue weighted by molar-refractivity contribution is 0.0989. The molecular weight excluding hydrogens is 430 g/mol. The highest BCUT2D eigenvalue weighted by Crippen LogP contribution is 2.31. The molecule has 24 heavy (non-hydrogen) atoms. The summed E-state index contributed by atoms with van der Waals surface area (Å²) in [4.78, 5) is 22.1. The first kappa shape index (κ1) is 19.3. The number of carbonyl (C=O) groups excluding carboxylic acids is 1. The van der Waals surface area contributed by atoms with Crippen molar-refractivity contribution in [2.75, 3.05) is 32.1 Å². The highest BCUT2D eigenvalue weighted by molar-refractivity contribution is 9.10. The number of thiophene rings is 1. The number of benzene rings is 1. The van der Waals surface area contributed by atoms with Gasteiger partial charge in [0.1, 0.15) is 0 Å². The number of anilines is 1. The molecule has 3 rings (SSSR count). The standard InChI is InChI=1S/C16H16BrN3OS2.ClH/c1-19(2)7-8-20(15(21)13-4-3-9-22-13)16-18-12-6-5-11(17)10-14(12)23-16;/h3-6,9-10H,7-8H2,1-2H3;1H. The third-order valence-corrected chi connectivity index (χ3v) is 5.71. The van der Waals surface area contributed by atoms with Crippen molar-refractivity contribution in [1.82, 2.24) is 9.88 Å². The lowest BCUT2D eigenvalue weighted by atomic mass is 10.3. The number of aromatic nitrogens is 1. The summed E-state index contributed by atoms with van der Waals surface area (Å²) in [7, 11) is 4.01. The highest BCUT2D eigenvalue weighted by Gasteiger charge is 2.22. The Morgan fingerprint density at radius 3 is 2.71 bits per heavy atom. The van der Waals surface area contributed by atoms with Crippen molar-refractivity contribution in [1.29, 1.82) is 0 Å². The summed E-state index contributed by atoms with van der Waals surface area (Å²) in [6.07, 6.45) is 0. The first-order valence-corrected chi connectivity index (χ1v) is 9.60. The summed E-state index contributed by atoms with van der Waals surface area (Å²) in [6, 6.07) is 9.74. The van der Waals surface area contributed by atoms with E-state index in [9.17, 15) is 4.79 Å². The number of amides is 1. The Morgan fingerprint density at radius 2 is 2.04 bits per heavy atom. The van der Waals surface area contributed by atoms with Crippen molar-refractivity contribution < 1.29 is 4.79 Å². The number of thiazole rings is 1. The monoisotopic (exact) mass is 445 g/mol. The minimum atomic E-state index is 0. The molecule has 0 aliphatic carbocycles. The molecule has 0 saturated heterocycles. The van der Waals surface area contributed by atoms with Crippen LogP contribution in [0.25, 0.3) is 10.2 Å². The molecular formula is C16H17BrClN3OS2. The third-order valence-electron chi connectivity index (χ3n) is 3.32. The van der Waals surface area contributed by atoms with Gasteiger partial charge in [-0.25, -0.2) is 4.98 Å². The average Bonchev–Trinajstić information content (AvgIpc) is 3.15. The number of likely N-dealkylation sites (N-methyl/N-ethyl adjacent to an activating group) is 1. The molecule has 8 heteroatoms. The Balaban J connectivity index is 0.00000208. The minimum absolute atomic E-state index is 0. The zero-order valence-electron chi connectivity index (χ0n) is 13.2. The van der Waals surface area contributed by atoms with Gasteiger partial charge in [-0.05, 0) is 43.7 Å². The Kier molecular flexibility index (Phi) is 6.77. The fourth-order valence-corrected chi connectivity index (χ4v) is 4.33. The van der Waals surface area contributed by atoms with Crippen LogP contribution in [0.5, 0.6) is 0 Å². The van der Waals surface area contributed by atoms with Gasteiger partial charge < -0.3 is 4.90 Å². The Labute approximate surface area is 163 Å². The van der Waals surface area contributed by atoms with Crippen LogP contribution in [-0.4, -0.2) is 43.0 Å². The predicted octanol–water partition coefficient (Wildman–Crippen LogP) is 4.75. The van der Waals surface area contributed by atoms with Crippen molar-refractivity contribution in [2.45, 2.75) is 0 Å². The predicted molar refractivity (Wildman–Crippen MR) is 109 cm³/mol. The smallest absolute Gasteiger partial charge is 0.270 e. The molecule has 0 bridgehead atoms. The van der Waals surface area contributed by atoms with E-state index in [4.69, 9.17) is 0 Å². The van der Waals surface area contributed by atoms with Gasteiger partial charge in [-0.2, -0.15) is 0 Å². The average molecular weight is 447 g/mol. The molecule has 0 saturated carbocycles. The SMILES string of the molecule is CN(C)CCN(C(=O)c1cccs1)c1nc2ccc(Br)cc2s1.Cl. The number of fused-ring (bicyclic) bond motifs is 1. The molecule has 0 unspecified atom stereocenters. The lowest BCUT2D eigenvalue weighted by Crippen LogP contribution is -2.36. The summed E-state index contributed by atoms with van der Waals surface area (Å²) in [5.74, 6) is 0.0139. The van der Waals surface area contributed by atoms with Gasteiger partial charge in [-0.15, -0.1) is 23.7 Å². The highest BCUT2D eigenvalue weighted by atomic mass is 79.9. The number of carbonyl (C=O) groups is 1. The number of rotatable bonds is 5. The van der Waals surface area contributed by atoms with Gasteiger partial charge in [0.05, 0.1) is 15.1 Å². The minimum Gasteiger partial charge on any atom is -0.308 e. The van der Waals surface area contributed by atoms with Crippen LogP contribution < -0.4 is 4.90 Å². The van der Waals surface area contributed by atoms with Gasteiger partial charge in [-0.3, -0.25) is 9.69 Å². The summed E-state index contributed by atoms with van der Waals surface area (Å²) in [5, 5.41) is 2.67. The maximum absolute atomic E-state index is 12.8. The second-order valence-electron chi connectivity index (χ2n) is 5.35. The number of hydrogen-bond acceptors (Lipinski definition) is 5. The Bertz CT molecular complexity index is 820. The van der Waals surface area contributed by atoms with Crippen molar-refractivity contribution >= 4 is 72.3 Å². The molecule has 0 atom stereocenters. The second kappa shape index (κ2) is 8.40. The fraction of sp³-hybridized carbons (Fsp3) is 0.250. The van der Waals surface area contributed by atoms with Gasteiger partial charge in [0.25, 0.3) is 5.91 Å². The topological polar surface area (TPSA) is 36.4 Å². The molecule has 128 valence electrons. The maximum atomic E-state index is 12.8. The second-order valence-corrected chi connectivity index (χ2v) is 8.22. The van der Waals surface area contributed by atoms with E-state index in [2.05, 4.69) is 25.8 Å². The first-order chi connectivity index (χ1) is 11.0. The Morgan fingerprint density at radius 1 is 1.25 bits per heavy atom. The van der Waals surface area contributed by atoms with Crippen LogP contribution in [0.3, 0.4) is 0 Å². The molecule has 2 aromatic heterocycles. The zero-order valence-corrected chi connectivity index (χ0v) is 17.3. The van der Waals surface area contributed by atoms with Crippen LogP contribution in [0.4, 0.5) is 5.13 Å². The van der Waals surface area contributed by atoms with Gasteiger partial charge in [0.15, 0.2) is 5.13 Å². The molecule has 4 nitrogen and oxygen atoms in total. The van der Waals surface area contributed by atoms with Crippen molar-refractivity contribution in [3.63, 3.8) is 0 Å². The van der Waals surface area contributed by atoms with Crippen LogP contribution in [-0.2, 0) is 0 Å². The van der Waals surface area contributed by atoms with Crippen molar-refractivity contribution in [2.24, 2.45) is 0 Å². The molecule has 0 N–H and O–H groups in total. The molecule has 0 spiro atoms. The molecule has 0 fully saturated rings. The lowest BCUT2D eigenvalue weighted by Gasteiger charge is -2.21. The normalized spacial score (nSPS) is 10.8. The maximum Gasteiger partial charge on any atom is 0.270 e. The van der Waals surface area contributed by atoms with E-state index in [0.29, 0.717) is 6.54 Å². The zero-order chi connectivity index (χ0) is 16.4.